The third-order valence-corrected chi connectivity index (χ3v) is 4.43. The first-order valence-electron chi connectivity index (χ1n) is 7.41. The van der Waals surface area contributed by atoms with Gasteiger partial charge in [-0.2, -0.15) is 0 Å². The number of nitrogens with zero attached hydrogens (tertiary/aromatic N) is 2. The maximum absolute atomic E-state index is 14.4. The molecule has 0 spiro atoms. The van der Waals surface area contributed by atoms with E-state index in [9.17, 15) is 4.39 Å². The molecule has 0 aliphatic carbocycles. The summed E-state index contributed by atoms with van der Waals surface area (Å²) in [4.78, 5) is 4.42. The van der Waals surface area contributed by atoms with Crippen LogP contribution in [0.1, 0.15) is 31.4 Å². The Morgan fingerprint density at radius 2 is 2.20 bits per heavy atom. The normalized spacial score (nSPS) is 21.8. The fourth-order valence-electron chi connectivity index (χ4n) is 2.90. The molecular formula is C16H26FN3. The lowest BCUT2D eigenvalue weighted by molar-refractivity contribution is 0.247. The van der Waals surface area contributed by atoms with Gasteiger partial charge in [-0.3, -0.25) is 0 Å². The summed E-state index contributed by atoms with van der Waals surface area (Å²) in [5.74, 6) is -0.125. The van der Waals surface area contributed by atoms with Crippen LogP contribution < -0.4 is 10.2 Å². The summed E-state index contributed by atoms with van der Waals surface area (Å²) in [7, 11) is 6.03. The van der Waals surface area contributed by atoms with Crippen molar-refractivity contribution in [3.8, 4) is 0 Å². The highest BCUT2D eigenvalue weighted by molar-refractivity contribution is 5.50. The van der Waals surface area contributed by atoms with E-state index in [1.165, 1.54) is 6.42 Å². The zero-order chi connectivity index (χ0) is 14.7. The highest BCUT2D eigenvalue weighted by atomic mass is 19.1. The van der Waals surface area contributed by atoms with Gasteiger partial charge in [-0.15, -0.1) is 0 Å². The maximum Gasteiger partial charge on any atom is 0.146 e. The molecule has 0 bridgehead atoms. The number of nitrogens with one attached hydrogen (secondary N) is 1. The zero-order valence-corrected chi connectivity index (χ0v) is 13.0. The van der Waals surface area contributed by atoms with Crippen LogP contribution in [0.15, 0.2) is 18.2 Å². The minimum Gasteiger partial charge on any atom is -0.368 e. The second kappa shape index (κ2) is 6.55. The molecule has 0 aromatic heterocycles. The molecule has 0 amide bonds. The quantitative estimate of drug-likeness (QED) is 0.914. The predicted octanol–water partition coefficient (Wildman–Crippen LogP) is 2.64. The van der Waals surface area contributed by atoms with Gasteiger partial charge in [0.2, 0.25) is 0 Å². The Labute approximate surface area is 121 Å². The van der Waals surface area contributed by atoms with Gasteiger partial charge in [0.25, 0.3) is 0 Å². The van der Waals surface area contributed by atoms with Crippen molar-refractivity contribution < 1.29 is 4.39 Å². The summed E-state index contributed by atoms with van der Waals surface area (Å²) in [5.41, 5.74) is 1.69. The predicted molar refractivity (Wildman–Crippen MR) is 82.8 cm³/mol. The van der Waals surface area contributed by atoms with E-state index >= 15 is 0 Å². The molecule has 0 radical (unpaired) electrons. The van der Waals surface area contributed by atoms with E-state index in [4.69, 9.17) is 0 Å². The summed E-state index contributed by atoms with van der Waals surface area (Å²) in [6.07, 6.45) is 2.32. The fraction of sp³-hybridized carbons (Fsp3) is 0.625. The first kappa shape index (κ1) is 15.3. The number of benzene rings is 1. The number of hydrogen-bond donors (Lipinski definition) is 1. The Morgan fingerprint density at radius 1 is 1.45 bits per heavy atom. The van der Waals surface area contributed by atoms with Crippen molar-refractivity contribution in [1.82, 2.24) is 10.2 Å². The highest BCUT2D eigenvalue weighted by Crippen LogP contribution is 2.26. The molecule has 1 aromatic rings. The van der Waals surface area contributed by atoms with Crippen molar-refractivity contribution in [2.45, 2.75) is 31.8 Å². The molecule has 2 atom stereocenters. The van der Waals surface area contributed by atoms with Gasteiger partial charge in [0, 0.05) is 25.7 Å². The Hall–Kier alpha value is -1.13. The van der Waals surface area contributed by atoms with Crippen LogP contribution in [-0.4, -0.2) is 45.2 Å². The average Bonchev–Trinajstić information content (AvgIpc) is 2.45. The van der Waals surface area contributed by atoms with Crippen LogP contribution in [0.5, 0.6) is 0 Å². The molecule has 1 saturated heterocycles. The molecule has 2 unspecified atom stereocenters. The van der Waals surface area contributed by atoms with E-state index in [-0.39, 0.29) is 11.9 Å². The Kier molecular flexibility index (Phi) is 5.00. The van der Waals surface area contributed by atoms with E-state index in [0.717, 1.165) is 25.1 Å². The molecule has 112 valence electrons. The maximum atomic E-state index is 14.4. The van der Waals surface area contributed by atoms with E-state index in [0.29, 0.717) is 11.7 Å². The van der Waals surface area contributed by atoms with Crippen LogP contribution in [-0.2, 0) is 0 Å². The second-order valence-electron chi connectivity index (χ2n) is 5.89. The molecule has 3 nitrogen and oxygen atoms in total. The number of likely N-dealkylation sites (tertiary alicyclic amines) is 1. The summed E-state index contributed by atoms with van der Waals surface area (Å²) in [5, 5.41) is 3.14. The molecule has 4 heteroatoms. The SMILES string of the molecule is CNC(C)c1ccc(N(C)C2CCCN(C)C2)c(F)c1. The summed E-state index contributed by atoms with van der Waals surface area (Å²) in [6, 6.07) is 6.15. The summed E-state index contributed by atoms with van der Waals surface area (Å²) < 4.78 is 14.4. The Bertz CT molecular complexity index is 449. The number of rotatable bonds is 4. The molecule has 20 heavy (non-hydrogen) atoms. The van der Waals surface area contributed by atoms with Crippen LogP contribution in [0.3, 0.4) is 0 Å². The van der Waals surface area contributed by atoms with Crippen LogP contribution in [0.25, 0.3) is 0 Å². The van der Waals surface area contributed by atoms with Crippen LogP contribution in [0, 0.1) is 5.82 Å². The molecule has 1 aromatic carbocycles. The Morgan fingerprint density at radius 3 is 2.80 bits per heavy atom. The standard InChI is InChI=1S/C16H26FN3/c1-12(18-2)13-7-8-16(15(17)10-13)20(4)14-6-5-9-19(3)11-14/h7-8,10,12,14,18H,5-6,9,11H2,1-4H3. The van der Waals surface area contributed by atoms with Crippen molar-refractivity contribution in [3.63, 3.8) is 0 Å². The number of piperidine rings is 1. The molecule has 1 N–H and O–H groups in total. The number of anilines is 1. The minimum absolute atomic E-state index is 0.125. The van der Waals surface area contributed by atoms with E-state index in [1.54, 1.807) is 6.07 Å². The van der Waals surface area contributed by atoms with Crippen molar-refractivity contribution >= 4 is 5.69 Å². The Balaban J connectivity index is 2.15. The molecular weight excluding hydrogens is 253 g/mol. The zero-order valence-electron chi connectivity index (χ0n) is 13.0. The molecule has 2 rings (SSSR count). The van der Waals surface area contributed by atoms with Gasteiger partial charge >= 0.3 is 0 Å². The first-order valence-corrected chi connectivity index (χ1v) is 7.41. The van der Waals surface area contributed by atoms with Crippen LogP contribution in [0.4, 0.5) is 10.1 Å². The van der Waals surface area contributed by atoms with Crippen molar-refractivity contribution in [2.75, 3.05) is 39.1 Å². The van der Waals surface area contributed by atoms with Gasteiger partial charge in [0.1, 0.15) is 5.82 Å². The summed E-state index contributed by atoms with van der Waals surface area (Å²) >= 11 is 0. The van der Waals surface area contributed by atoms with Gasteiger partial charge < -0.3 is 15.1 Å². The topological polar surface area (TPSA) is 18.5 Å². The molecule has 0 saturated carbocycles. The monoisotopic (exact) mass is 279 g/mol. The highest BCUT2D eigenvalue weighted by Gasteiger charge is 2.23. The summed E-state index contributed by atoms with van der Waals surface area (Å²) in [6.45, 7) is 4.18. The van der Waals surface area contributed by atoms with Gasteiger partial charge in [-0.25, -0.2) is 4.39 Å². The smallest absolute Gasteiger partial charge is 0.146 e. The fourth-order valence-corrected chi connectivity index (χ4v) is 2.90. The minimum atomic E-state index is -0.125. The van der Waals surface area contributed by atoms with Crippen molar-refractivity contribution in [2.24, 2.45) is 0 Å². The van der Waals surface area contributed by atoms with Crippen LogP contribution in [0.2, 0.25) is 0 Å². The second-order valence-corrected chi connectivity index (χ2v) is 5.89. The van der Waals surface area contributed by atoms with E-state index in [1.807, 2.05) is 33.2 Å². The van der Waals surface area contributed by atoms with E-state index < -0.39 is 0 Å². The molecule has 1 fully saturated rings. The largest absolute Gasteiger partial charge is 0.368 e. The first-order chi connectivity index (χ1) is 9.52. The van der Waals surface area contributed by atoms with Gasteiger partial charge in [0.15, 0.2) is 0 Å². The third kappa shape index (κ3) is 3.30. The lowest BCUT2D eigenvalue weighted by Gasteiger charge is -2.37. The molecule has 1 aliphatic rings. The van der Waals surface area contributed by atoms with Gasteiger partial charge in [-0.05, 0) is 58.1 Å². The number of likely N-dealkylation sites (N-methyl/N-ethyl adjacent to an activating group) is 2. The number of hydrogen-bond acceptors (Lipinski definition) is 3. The van der Waals surface area contributed by atoms with Crippen LogP contribution >= 0.6 is 0 Å². The lowest BCUT2D eigenvalue weighted by atomic mass is 10.0. The van der Waals surface area contributed by atoms with Crippen molar-refractivity contribution in [1.29, 1.82) is 0 Å². The lowest BCUT2D eigenvalue weighted by Crippen LogP contribution is -2.45. The molecule has 1 aliphatic heterocycles. The number of halogens is 1. The van der Waals surface area contributed by atoms with Gasteiger partial charge in [0.05, 0.1) is 5.69 Å². The average molecular weight is 279 g/mol. The third-order valence-electron chi connectivity index (χ3n) is 4.43. The van der Waals surface area contributed by atoms with E-state index in [2.05, 4.69) is 22.2 Å². The van der Waals surface area contributed by atoms with Crippen molar-refractivity contribution in [3.05, 3.63) is 29.6 Å². The molecule has 1 heterocycles. The van der Waals surface area contributed by atoms with Gasteiger partial charge in [-0.1, -0.05) is 6.07 Å².